The predicted octanol–water partition coefficient (Wildman–Crippen LogP) is -0.637. The number of hydrogen-bond donors (Lipinski definition) is 3. The smallest absolute Gasteiger partial charge is 0.448 e. The minimum Gasteiger partial charge on any atom is -0.504 e. The number of pyridine rings is 1. The van der Waals surface area contributed by atoms with Gasteiger partial charge in [0.15, 0.2) is 18.5 Å². The summed E-state index contributed by atoms with van der Waals surface area (Å²) in [6, 6.07) is 1.05. The molecule has 1 aromatic heterocycles. The second-order valence-corrected chi connectivity index (χ2v) is 4.78. The lowest BCUT2D eigenvalue weighted by Gasteiger charge is -2.23. The number of aromatic nitrogens is 1. The Balaban J connectivity index is 2.25. The van der Waals surface area contributed by atoms with Crippen LogP contribution in [0.3, 0.4) is 0 Å². The number of aromatic hydroxyl groups is 2. The zero-order valence-electron chi connectivity index (χ0n) is 10.8. The van der Waals surface area contributed by atoms with E-state index < -0.39 is 24.2 Å². The van der Waals surface area contributed by atoms with Gasteiger partial charge in [0.05, 0.1) is 13.2 Å². The Hall–Kier alpha value is -1.54. The second kappa shape index (κ2) is 5.84. The lowest BCUT2D eigenvalue weighted by atomic mass is 10.2. The van der Waals surface area contributed by atoms with Crippen LogP contribution < -0.4 is 9.47 Å². The van der Waals surface area contributed by atoms with Gasteiger partial charge < -0.3 is 19.8 Å². The van der Waals surface area contributed by atoms with Gasteiger partial charge in [-0.2, -0.15) is 17.7 Å². The van der Waals surface area contributed by atoms with Crippen LogP contribution in [0.1, 0.15) is 5.69 Å². The van der Waals surface area contributed by atoms with E-state index >= 15 is 0 Å². The first-order chi connectivity index (χ1) is 9.37. The van der Waals surface area contributed by atoms with Crippen LogP contribution in [0, 0.1) is 0 Å². The normalized spacial score (nSPS) is 17.4. The summed E-state index contributed by atoms with van der Waals surface area (Å²) in [5, 5.41) is 19.3. The Labute approximate surface area is 113 Å². The van der Waals surface area contributed by atoms with Gasteiger partial charge in [-0.25, -0.2) is 0 Å². The second-order valence-electron chi connectivity index (χ2n) is 4.78. The van der Waals surface area contributed by atoms with Gasteiger partial charge in [-0.3, -0.25) is 0 Å². The van der Waals surface area contributed by atoms with Crippen LogP contribution >= 0.6 is 0 Å². The number of hydrogen-bond acceptors (Lipinski definition) is 3. The number of quaternary nitrogens is 1. The van der Waals surface area contributed by atoms with Gasteiger partial charge in [-0.05, 0) is 0 Å². The number of halogens is 3. The summed E-state index contributed by atoms with van der Waals surface area (Å²) >= 11 is 0. The zero-order valence-corrected chi connectivity index (χ0v) is 10.8. The van der Waals surface area contributed by atoms with E-state index in [0.717, 1.165) is 21.7 Å². The van der Waals surface area contributed by atoms with E-state index in [1.54, 1.807) is 0 Å². The molecule has 2 rings (SSSR count). The van der Waals surface area contributed by atoms with Crippen molar-refractivity contribution < 1.29 is 37.6 Å². The molecule has 0 aromatic carbocycles. The molecule has 1 aliphatic rings. The summed E-state index contributed by atoms with van der Waals surface area (Å²) in [5.74, 6) is -0.901. The maximum absolute atomic E-state index is 12.5. The summed E-state index contributed by atoms with van der Waals surface area (Å²) in [5.41, 5.74) is 0.0826. The molecule has 2 heterocycles. The molecule has 0 radical (unpaired) electrons. The van der Waals surface area contributed by atoms with Gasteiger partial charge in [-0.15, -0.1) is 0 Å². The molecule has 0 aliphatic carbocycles. The van der Waals surface area contributed by atoms with E-state index in [0.29, 0.717) is 26.3 Å². The highest BCUT2D eigenvalue weighted by molar-refractivity contribution is 5.37. The highest BCUT2D eigenvalue weighted by atomic mass is 19.4. The maximum Gasteiger partial charge on any atom is 0.448 e. The summed E-state index contributed by atoms with van der Waals surface area (Å²) in [7, 11) is 0. The van der Waals surface area contributed by atoms with E-state index in [4.69, 9.17) is 4.74 Å². The highest BCUT2D eigenvalue weighted by Crippen LogP contribution is 2.26. The molecule has 1 aliphatic heterocycles. The van der Waals surface area contributed by atoms with Crippen molar-refractivity contribution in [2.24, 2.45) is 0 Å². The van der Waals surface area contributed by atoms with Crippen molar-refractivity contribution in [3.8, 4) is 11.5 Å². The molecule has 0 amide bonds. The third-order valence-electron chi connectivity index (χ3n) is 3.24. The Morgan fingerprint density at radius 1 is 1.25 bits per heavy atom. The van der Waals surface area contributed by atoms with Crippen molar-refractivity contribution in [2.45, 2.75) is 19.3 Å². The van der Waals surface area contributed by atoms with Crippen molar-refractivity contribution in [1.29, 1.82) is 0 Å². The average Bonchev–Trinajstić information content (AvgIpc) is 2.38. The van der Waals surface area contributed by atoms with E-state index in [1.807, 2.05) is 0 Å². The van der Waals surface area contributed by atoms with E-state index in [9.17, 15) is 23.4 Å². The van der Waals surface area contributed by atoms with Gasteiger partial charge in [-0.1, -0.05) is 0 Å². The molecule has 3 N–H and O–H groups in total. The Bertz CT molecular complexity index is 474. The predicted molar refractivity (Wildman–Crippen MR) is 61.2 cm³/mol. The molecule has 112 valence electrons. The van der Waals surface area contributed by atoms with Crippen LogP contribution in [0.15, 0.2) is 12.3 Å². The fourth-order valence-corrected chi connectivity index (χ4v) is 2.21. The number of alkyl halides is 3. The number of rotatable bonds is 3. The van der Waals surface area contributed by atoms with Gasteiger partial charge in [0.25, 0.3) is 5.69 Å². The third kappa shape index (κ3) is 3.73. The van der Waals surface area contributed by atoms with Crippen LogP contribution in [-0.4, -0.2) is 42.7 Å². The SMILES string of the molecule is Oc1cc[n+](CC(F)(F)F)c(C[NH+]2CCOCC2)c1O. The third-order valence-corrected chi connectivity index (χ3v) is 3.24. The lowest BCUT2D eigenvalue weighted by Crippen LogP contribution is -3.13. The monoisotopic (exact) mass is 294 g/mol. The Morgan fingerprint density at radius 2 is 1.90 bits per heavy atom. The number of morpholine rings is 1. The van der Waals surface area contributed by atoms with Crippen molar-refractivity contribution in [3.05, 3.63) is 18.0 Å². The zero-order chi connectivity index (χ0) is 14.8. The topological polar surface area (TPSA) is 58.0 Å². The molecule has 8 heteroatoms. The molecular formula is C12H17F3N2O3+2. The van der Waals surface area contributed by atoms with E-state index in [2.05, 4.69) is 0 Å². The lowest BCUT2D eigenvalue weighted by molar-refractivity contribution is -0.931. The average molecular weight is 294 g/mol. The minimum absolute atomic E-state index is 0.0826. The first-order valence-electron chi connectivity index (χ1n) is 6.28. The van der Waals surface area contributed by atoms with Crippen LogP contribution in [0.2, 0.25) is 0 Å². The van der Waals surface area contributed by atoms with Crippen molar-refractivity contribution >= 4 is 0 Å². The molecule has 0 spiro atoms. The summed E-state index contributed by atoms with van der Waals surface area (Å²) in [6.07, 6.45) is -3.25. The molecule has 5 nitrogen and oxygen atoms in total. The quantitative estimate of drug-likeness (QED) is 0.650. The van der Waals surface area contributed by atoms with Crippen LogP contribution in [0.5, 0.6) is 11.5 Å². The molecule has 0 saturated carbocycles. The van der Waals surface area contributed by atoms with Crippen LogP contribution in [0.4, 0.5) is 13.2 Å². The molecule has 0 unspecified atom stereocenters. The standard InChI is InChI=1S/C12H15F3N2O3/c13-12(14,15)8-17-2-1-10(18)11(19)9(17)7-16-3-5-20-6-4-16/h1-2,19H,3-8H2/p+2. The summed E-state index contributed by atoms with van der Waals surface area (Å²) in [4.78, 5) is 1.01. The van der Waals surface area contributed by atoms with Crippen molar-refractivity contribution in [3.63, 3.8) is 0 Å². The maximum atomic E-state index is 12.5. The van der Waals surface area contributed by atoms with E-state index in [-0.39, 0.29) is 12.2 Å². The van der Waals surface area contributed by atoms with E-state index in [1.165, 1.54) is 0 Å². The Morgan fingerprint density at radius 3 is 2.50 bits per heavy atom. The molecule has 0 bridgehead atoms. The molecule has 0 atom stereocenters. The molecule has 1 saturated heterocycles. The van der Waals surface area contributed by atoms with Crippen molar-refractivity contribution in [2.75, 3.05) is 26.3 Å². The molecule has 20 heavy (non-hydrogen) atoms. The number of nitrogens with one attached hydrogen (secondary N) is 1. The highest BCUT2D eigenvalue weighted by Gasteiger charge is 2.37. The summed E-state index contributed by atoms with van der Waals surface area (Å²) in [6.45, 7) is 1.39. The minimum atomic E-state index is -4.39. The molecular weight excluding hydrogens is 277 g/mol. The molecule has 1 fully saturated rings. The first kappa shape index (κ1) is 14.9. The van der Waals surface area contributed by atoms with Crippen molar-refractivity contribution in [1.82, 2.24) is 0 Å². The summed E-state index contributed by atoms with van der Waals surface area (Å²) < 4.78 is 43.7. The fourth-order valence-electron chi connectivity index (χ4n) is 2.21. The van der Waals surface area contributed by atoms with Gasteiger partial charge in [0.1, 0.15) is 13.1 Å². The molecule has 1 aromatic rings. The largest absolute Gasteiger partial charge is 0.504 e. The number of ether oxygens (including phenoxy) is 1. The van der Waals surface area contributed by atoms with Gasteiger partial charge in [0.2, 0.25) is 12.3 Å². The van der Waals surface area contributed by atoms with Gasteiger partial charge in [0, 0.05) is 6.07 Å². The first-order valence-corrected chi connectivity index (χ1v) is 6.28. The van der Waals surface area contributed by atoms with Gasteiger partial charge >= 0.3 is 6.18 Å². The fraction of sp³-hybridized carbons (Fsp3) is 0.583. The Kier molecular flexibility index (Phi) is 4.34. The van der Waals surface area contributed by atoms with Crippen LogP contribution in [-0.2, 0) is 17.8 Å². The van der Waals surface area contributed by atoms with Crippen LogP contribution in [0.25, 0.3) is 0 Å². The number of nitrogens with zero attached hydrogens (tertiary/aromatic N) is 1.